The van der Waals surface area contributed by atoms with Gasteiger partial charge in [0.15, 0.2) is 0 Å². The molecular weight excluding hydrogens is 260 g/mol. The van der Waals surface area contributed by atoms with Crippen LogP contribution in [-0.2, 0) is 14.4 Å². The summed E-state index contributed by atoms with van der Waals surface area (Å²) in [5.41, 5.74) is 16.6. The SMILES string of the molecule is NC(=O)CCC(NC(=O)C(N)c1ccccc1)C(N)=O. The molecule has 2 unspecified atom stereocenters. The van der Waals surface area contributed by atoms with Crippen LogP contribution in [0.3, 0.4) is 0 Å². The molecule has 0 fully saturated rings. The molecule has 0 bridgehead atoms. The second kappa shape index (κ2) is 7.25. The number of benzene rings is 1. The molecule has 0 heterocycles. The zero-order valence-corrected chi connectivity index (χ0v) is 10.9. The van der Waals surface area contributed by atoms with Gasteiger partial charge in [0.1, 0.15) is 12.1 Å². The minimum Gasteiger partial charge on any atom is -0.370 e. The number of hydrogen-bond acceptors (Lipinski definition) is 4. The number of rotatable bonds is 7. The van der Waals surface area contributed by atoms with E-state index in [0.717, 1.165) is 0 Å². The van der Waals surface area contributed by atoms with Crippen LogP contribution in [0, 0.1) is 0 Å². The van der Waals surface area contributed by atoms with Crippen molar-refractivity contribution >= 4 is 17.7 Å². The highest BCUT2D eigenvalue weighted by atomic mass is 16.2. The van der Waals surface area contributed by atoms with E-state index < -0.39 is 29.8 Å². The molecule has 1 rings (SSSR count). The summed E-state index contributed by atoms with van der Waals surface area (Å²) in [5, 5.41) is 2.42. The van der Waals surface area contributed by atoms with Crippen molar-refractivity contribution in [3.8, 4) is 0 Å². The molecule has 0 aliphatic rings. The van der Waals surface area contributed by atoms with E-state index >= 15 is 0 Å². The minimum atomic E-state index is -0.968. The summed E-state index contributed by atoms with van der Waals surface area (Å²) in [6.07, 6.45) is 0.00633. The molecule has 0 radical (unpaired) electrons. The van der Waals surface area contributed by atoms with Gasteiger partial charge in [0.25, 0.3) is 0 Å². The van der Waals surface area contributed by atoms with Crippen molar-refractivity contribution in [2.45, 2.75) is 24.9 Å². The largest absolute Gasteiger partial charge is 0.370 e. The van der Waals surface area contributed by atoms with Gasteiger partial charge < -0.3 is 22.5 Å². The summed E-state index contributed by atoms with van der Waals surface area (Å²) < 4.78 is 0. The standard InChI is InChI=1S/C13H18N4O3/c14-10(18)7-6-9(12(16)19)17-13(20)11(15)8-4-2-1-3-5-8/h1-5,9,11H,6-7,15H2,(H2,14,18)(H2,16,19)(H,17,20). The Morgan fingerprint density at radius 3 is 2.20 bits per heavy atom. The van der Waals surface area contributed by atoms with Gasteiger partial charge in [-0.1, -0.05) is 30.3 Å². The summed E-state index contributed by atoms with van der Waals surface area (Å²) in [4.78, 5) is 33.9. The van der Waals surface area contributed by atoms with Gasteiger partial charge in [-0.05, 0) is 12.0 Å². The van der Waals surface area contributed by atoms with Gasteiger partial charge >= 0.3 is 0 Å². The maximum absolute atomic E-state index is 11.9. The number of primary amides is 2. The van der Waals surface area contributed by atoms with Crippen LogP contribution in [0.2, 0.25) is 0 Å². The highest BCUT2D eigenvalue weighted by Crippen LogP contribution is 2.10. The lowest BCUT2D eigenvalue weighted by Gasteiger charge is -2.18. The minimum absolute atomic E-state index is 0.0472. The summed E-state index contributed by atoms with van der Waals surface area (Å²) in [6.45, 7) is 0. The van der Waals surface area contributed by atoms with E-state index in [-0.39, 0.29) is 12.8 Å². The van der Waals surface area contributed by atoms with Crippen LogP contribution in [0.5, 0.6) is 0 Å². The second-order valence-corrected chi connectivity index (χ2v) is 4.36. The summed E-state index contributed by atoms with van der Waals surface area (Å²) >= 11 is 0. The molecule has 108 valence electrons. The lowest BCUT2D eigenvalue weighted by Crippen LogP contribution is -2.47. The quantitative estimate of drug-likeness (QED) is 0.503. The molecule has 7 heteroatoms. The molecule has 2 atom stereocenters. The molecule has 0 saturated heterocycles. The monoisotopic (exact) mass is 278 g/mol. The lowest BCUT2D eigenvalue weighted by atomic mass is 10.1. The number of nitrogens with two attached hydrogens (primary N) is 3. The van der Waals surface area contributed by atoms with E-state index in [1.807, 2.05) is 0 Å². The first-order valence-corrected chi connectivity index (χ1v) is 6.10. The fraction of sp³-hybridized carbons (Fsp3) is 0.308. The fourth-order valence-corrected chi connectivity index (χ4v) is 1.65. The third-order valence-corrected chi connectivity index (χ3v) is 2.78. The molecule has 1 aromatic rings. The van der Waals surface area contributed by atoms with Crippen molar-refractivity contribution in [2.75, 3.05) is 0 Å². The summed E-state index contributed by atoms with van der Waals surface area (Å²) in [5.74, 6) is -1.85. The van der Waals surface area contributed by atoms with Gasteiger partial charge in [0.2, 0.25) is 17.7 Å². The van der Waals surface area contributed by atoms with Crippen molar-refractivity contribution in [1.29, 1.82) is 0 Å². The van der Waals surface area contributed by atoms with E-state index in [0.29, 0.717) is 5.56 Å². The van der Waals surface area contributed by atoms with Gasteiger partial charge in [-0.3, -0.25) is 14.4 Å². The summed E-state index contributed by atoms with van der Waals surface area (Å²) in [7, 11) is 0. The third kappa shape index (κ3) is 4.69. The Morgan fingerprint density at radius 1 is 1.10 bits per heavy atom. The van der Waals surface area contributed by atoms with Crippen molar-refractivity contribution in [1.82, 2.24) is 5.32 Å². The Kier molecular flexibility index (Phi) is 5.67. The van der Waals surface area contributed by atoms with E-state index in [4.69, 9.17) is 17.2 Å². The van der Waals surface area contributed by atoms with Crippen LogP contribution in [0.25, 0.3) is 0 Å². The first kappa shape index (κ1) is 15.6. The first-order chi connectivity index (χ1) is 9.41. The molecule has 0 spiro atoms. The van der Waals surface area contributed by atoms with Crippen molar-refractivity contribution in [2.24, 2.45) is 17.2 Å². The highest BCUT2D eigenvalue weighted by molar-refractivity contribution is 5.89. The number of carbonyl (C=O) groups excluding carboxylic acids is 3. The van der Waals surface area contributed by atoms with E-state index in [1.165, 1.54) is 0 Å². The van der Waals surface area contributed by atoms with Crippen LogP contribution in [0.4, 0.5) is 0 Å². The molecule has 0 aliphatic carbocycles. The molecule has 0 aromatic heterocycles. The normalized spacial score (nSPS) is 13.2. The fourth-order valence-electron chi connectivity index (χ4n) is 1.65. The van der Waals surface area contributed by atoms with Gasteiger partial charge in [-0.25, -0.2) is 0 Å². The number of carbonyl (C=O) groups is 3. The van der Waals surface area contributed by atoms with E-state index in [2.05, 4.69) is 5.32 Å². The van der Waals surface area contributed by atoms with Gasteiger partial charge in [-0.15, -0.1) is 0 Å². The predicted molar refractivity (Wildman–Crippen MR) is 72.9 cm³/mol. The van der Waals surface area contributed by atoms with Crippen LogP contribution in [-0.4, -0.2) is 23.8 Å². The van der Waals surface area contributed by atoms with E-state index in [9.17, 15) is 14.4 Å². The average Bonchev–Trinajstić information content (AvgIpc) is 2.42. The number of nitrogens with one attached hydrogen (secondary N) is 1. The predicted octanol–water partition coefficient (Wildman–Crippen LogP) is -1.08. The Hall–Kier alpha value is -2.41. The van der Waals surface area contributed by atoms with Crippen LogP contribution in [0.15, 0.2) is 30.3 Å². The number of hydrogen-bond donors (Lipinski definition) is 4. The van der Waals surface area contributed by atoms with Crippen LogP contribution < -0.4 is 22.5 Å². The van der Waals surface area contributed by atoms with Crippen molar-refractivity contribution < 1.29 is 14.4 Å². The summed E-state index contributed by atoms with van der Waals surface area (Å²) in [6, 6.07) is 6.83. The molecule has 0 aliphatic heterocycles. The highest BCUT2D eigenvalue weighted by Gasteiger charge is 2.23. The Bertz CT molecular complexity index is 490. The van der Waals surface area contributed by atoms with Crippen molar-refractivity contribution in [3.05, 3.63) is 35.9 Å². The maximum Gasteiger partial charge on any atom is 0.242 e. The zero-order valence-electron chi connectivity index (χ0n) is 10.9. The van der Waals surface area contributed by atoms with Gasteiger partial charge in [0, 0.05) is 6.42 Å². The topological polar surface area (TPSA) is 141 Å². The Labute approximate surface area is 116 Å². The van der Waals surface area contributed by atoms with Gasteiger partial charge in [-0.2, -0.15) is 0 Å². The Morgan fingerprint density at radius 2 is 1.70 bits per heavy atom. The molecular formula is C13H18N4O3. The van der Waals surface area contributed by atoms with Crippen LogP contribution in [0.1, 0.15) is 24.4 Å². The Balaban J connectivity index is 2.66. The van der Waals surface area contributed by atoms with E-state index in [1.54, 1.807) is 30.3 Å². The maximum atomic E-state index is 11.9. The van der Waals surface area contributed by atoms with Crippen LogP contribution >= 0.6 is 0 Å². The number of amides is 3. The second-order valence-electron chi connectivity index (χ2n) is 4.36. The molecule has 1 aromatic carbocycles. The molecule has 7 N–H and O–H groups in total. The zero-order chi connectivity index (χ0) is 15.1. The average molecular weight is 278 g/mol. The van der Waals surface area contributed by atoms with Crippen molar-refractivity contribution in [3.63, 3.8) is 0 Å². The van der Waals surface area contributed by atoms with Gasteiger partial charge in [0.05, 0.1) is 0 Å². The smallest absolute Gasteiger partial charge is 0.242 e. The molecule has 7 nitrogen and oxygen atoms in total. The third-order valence-electron chi connectivity index (χ3n) is 2.78. The molecule has 3 amide bonds. The molecule has 20 heavy (non-hydrogen) atoms. The lowest BCUT2D eigenvalue weighted by molar-refractivity contribution is -0.128. The first-order valence-electron chi connectivity index (χ1n) is 6.10. The molecule has 0 saturated carbocycles.